The van der Waals surface area contributed by atoms with Crippen molar-refractivity contribution in [3.63, 3.8) is 0 Å². The SMILES string of the molecule is Cc1cc(-c2nc(N)nc(=O)[nH]2)no1. The zero-order chi connectivity index (χ0) is 10.1. The van der Waals surface area contributed by atoms with Crippen molar-refractivity contribution >= 4 is 5.95 Å². The van der Waals surface area contributed by atoms with Crippen molar-refractivity contribution in [3.8, 4) is 11.5 Å². The first-order chi connectivity index (χ1) is 6.65. The van der Waals surface area contributed by atoms with E-state index in [4.69, 9.17) is 10.3 Å². The molecule has 0 aliphatic rings. The third kappa shape index (κ3) is 1.47. The summed E-state index contributed by atoms with van der Waals surface area (Å²) in [4.78, 5) is 20.5. The van der Waals surface area contributed by atoms with Gasteiger partial charge in [-0.25, -0.2) is 4.79 Å². The van der Waals surface area contributed by atoms with E-state index >= 15 is 0 Å². The smallest absolute Gasteiger partial charge is 0.349 e. The van der Waals surface area contributed by atoms with Crippen LogP contribution in [0.1, 0.15) is 5.76 Å². The average Bonchev–Trinajstić information content (AvgIpc) is 2.50. The van der Waals surface area contributed by atoms with Gasteiger partial charge in [0.05, 0.1) is 0 Å². The fourth-order valence-corrected chi connectivity index (χ4v) is 1.00. The summed E-state index contributed by atoms with van der Waals surface area (Å²) in [5, 5.41) is 3.68. The van der Waals surface area contributed by atoms with Gasteiger partial charge in [0.25, 0.3) is 0 Å². The van der Waals surface area contributed by atoms with Crippen molar-refractivity contribution in [2.45, 2.75) is 6.92 Å². The van der Waals surface area contributed by atoms with Gasteiger partial charge in [-0.15, -0.1) is 0 Å². The van der Waals surface area contributed by atoms with Crippen molar-refractivity contribution < 1.29 is 4.52 Å². The summed E-state index contributed by atoms with van der Waals surface area (Å²) >= 11 is 0. The Bertz CT molecular complexity index is 515. The lowest BCUT2D eigenvalue weighted by atomic mass is 10.3. The van der Waals surface area contributed by atoms with Crippen LogP contribution in [0, 0.1) is 6.92 Å². The number of aromatic nitrogens is 4. The van der Waals surface area contributed by atoms with Crippen LogP contribution in [0.5, 0.6) is 0 Å². The molecule has 0 aromatic carbocycles. The highest BCUT2D eigenvalue weighted by Gasteiger charge is 2.07. The predicted molar refractivity (Wildman–Crippen MR) is 47.3 cm³/mol. The summed E-state index contributed by atoms with van der Waals surface area (Å²) in [7, 11) is 0. The molecule has 7 nitrogen and oxygen atoms in total. The minimum atomic E-state index is -0.562. The standard InChI is InChI=1S/C7H7N5O2/c1-3-2-4(12-14-3)5-9-6(8)11-7(13)10-5/h2H,1H3,(H3,8,9,10,11,13). The van der Waals surface area contributed by atoms with E-state index in [0.717, 1.165) is 0 Å². The van der Waals surface area contributed by atoms with Crippen LogP contribution in [-0.2, 0) is 0 Å². The first-order valence-corrected chi connectivity index (χ1v) is 3.82. The van der Waals surface area contributed by atoms with E-state index in [1.54, 1.807) is 13.0 Å². The zero-order valence-corrected chi connectivity index (χ0v) is 7.31. The zero-order valence-electron chi connectivity index (χ0n) is 7.31. The van der Waals surface area contributed by atoms with Crippen molar-refractivity contribution in [2.24, 2.45) is 0 Å². The molecule has 0 aliphatic carbocycles. The molecule has 2 rings (SSSR count). The normalized spacial score (nSPS) is 10.4. The molecule has 0 saturated carbocycles. The Kier molecular flexibility index (Phi) is 1.77. The number of nitrogen functional groups attached to an aromatic ring is 1. The van der Waals surface area contributed by atoms with Crippen LogP contribution < -0.4 is 11.4 Å². The van der Waals surface area contributed by atoms with Gasteiger partial charge in [0.15, 0.2) is 5.82 Å². The molecule has 0 bridgehead atoms. The fraction of sp³-hybridized carbons (Fsp3) is 0.143. The molecule has 0 aliphatic heterocycles. The molecule has 0 fully saturated rings. The highest BCUT2D eigenvalue weighted by Crippen LogP contribution is 2.12. The van der Waals surface area contributed by atoms with E-state index in [1.807, 2.05) is 0 Å². The van der Waals surface area contributed by atoms with E-state index in [2.05, 4.69) is 20.1 Å². The number of H-pyrrole nitrogens is 1. The maximum absolute atomic E-state index is 10.9. The van der Waals surface area contributed by atoms with Crippen LogP contribution in [0.4, 0.5) is 5.95 Å². The Balaban J connectivity index is 2.56. The number of aryl methyl sites for hydroxylation is 1. The van der Waals surface area contributed by atoms with Gasteiger partial charge in [-0.1, -0.05) is 5.16 Å². The molecule has 2 aromatic rings. The summed E-state index contributed by atoms with van der Waals surface area (Å²) in [6, 6.07) is 1.64. The molecule has 0 spiro atoms. The molecule has 0 amide bonds. The Labute approximate surface area is 78.0 Å². The maximum Gasteiger partial charge on any atom is 0.349 e. The summed E-state index contributed by atoms with van der Waals surface area (Å²) in [5.41, 5.74) is 5.17. The van der Waals surface area contributed by atoms with Gasteiger partial charge in [0.1, 0.15) is 11.5 Å². The average molecular weight is 193 g/mol. The Morgan fingerprint density at radius 2 is 2.29 bits per heavy atom. The Morgan fingerprint density at radius 3 is 2.86 bits per heavy atom. The van der Waals surface area contributed by atoms with E-state index < -0.39 is 5.69 Å². The molecule has 7 heteroatoms. The van der Waals surface area contributed by atoms with Crippen LogP contribution in [-0.4, -0.2) is 20.1 Å². The van der Waals surface area contributed by atoms with Gasteiger partial charge < -0.3 is 10.3 Å². The van der Waals surface area contributed by atoms with Crippen LogP contribution in [0.15, 0.2) is 15.4 Å². The summed E-state index contributed by atoms with van der Waals surface area (Å²) < 4.78 is 4.83. The van der Waals surface area contributed by atoms with Crippen molar-refractivity contribution in [1.82, 2.24) is 20.1 Å². The molecular formula is C7H7N5O2. The number of rotatable bonds is 1. The molecule has 2 heterocycles. The molecule has 0 unspecified atom stereocenters. The van der Waals surface area contributed by atoms with Crippen molar-refractivity contribution in [2.75, 3.05) is 5.73 Å². The van der Waals surface area contributed by atoms with E-state index in [-0.39, 0.29) is 11.8 Å². The van der Waals surface area contributed by atoms with Crippen molar-refractivity contribution in [1.29, 1.82) is 0 Å². The second-order valence-corrected chi connectivity index (χ2v) is 2.68. The highest BCUT2D eigenvalue weighted by molar-refractivity contribution is 5.49. The molecule has 0 radical (unpaired) electrons. The van der Waals surface area contributed by atoms with E-state index in [0.29, 0.717) is 11.5 Å². The molecular weight excluding hydrogens is 186 g/mol. The number of hydrogen-bond acceptors (Lipinski definition) is 6. The van der Waals surface area contributed by atoms with E-state index in [1.165, 1.54) is 0 Å². The molecule has 72 valence electrons. The van der Waals surface area contributed by atoms with Gasteiger partial charge in [0, 0.05) is 6.07 Å². The quantitative estimate of drug-likeness (QED) is 0.643. The number of aromatic amines is 1. The molecule has 14 heavy (non-hydrogen) atoms. The lowest BCUT2D eigenvalue weighted by Gasteiger charge is -1.94. The fourth-order valence-electron chi connectivity index (χ4n) is 1.00. The molecule has 0 saturated heterocycles. The predicted octanol–water partition coefficient (Wildman–Crippen LogP) is -0.289. The van der Waals surface area contributed by atoms with Crippen LogP contribution in [0.2, 0.25) is 0 Å². The Morgan fingerprint density at radius 1 is 1.50 bits per heavy atom. The van der Waals surface area contributed by atoms with Crippen molar-refractivity contribution in [3.05, 3.63) is 22.3 Å². The maximum atomic E-state index is 10.9. The Hall–Kier alpha value is -2.18. The lowest BCUT2D eigenvalue weighted by Crippen LogP contribution is -2.15. The topological polar surface area (TPSA) is 111 Å². The summed E-state index contributed by atoms with van der Waals surface area (Å²) in [6.07, 6.45) is 0. The van der Waals surface area contributed by atoms with Gasteiger partial charge in [-0.05, 0) is 6.92 Å². The third-order valence-electron chi connectivity index (χ3n) is 1.54. The van der Waals surface area contributed by atoms with Crippen LogP contribution in [0.25, 0.3) is 11.5 Å². The number of nitrogens with two attached hydrogens (primary N) is 1. The second-order valence-electron chi connectivity index (χ2n) is 2.68. The minimum absolute atomic E-state index is 0.0931. The number of anilines is 1. The van der Waals surface area contributed by atoms with E-state index in [9.17, 15) is 4.79 Å². The number of nitrogens with one attached hydrogen (secondary N) is 1. The molecule has 3 N–H and O–H groups in total. The lowest BCUT2D eigenvalue weighted by molar-refractivity contribution is 0.399. The second kappa shape index (κ2) is 2.95. The van der Waals surface area contributed by atoms with Gasteiger partial charge in [0.2, 0.25) is 5.95 Å². The number of nitrogens with zero attached hydrogens (tertiary/aromatic N) is 3. The summed E-state index contributed by atoms with van der Waals surface area (Å²) in [5.74, 6) is 0.779. The highest BCUT2D eigenvalue weighted by atomic mass is 16.5. The van der Waals surface area contributed by atoms with Crippen LogP contribution in [0.3, 0.4) is 0 Å². The monoisotopic (exact) mass is 193 g/mol. The third-order valence-corrected chi connectivity index (χ3v) is 1.54. The van der Waals surface area contributed by atoms with Crippen LogP contribution >= 0.6 is 0 Å². The summed E-state index contributed by atoms with van der Waals surface area (Å²) in [6.45, 7) is 1.74. The first-order valence-electron chi connectivity index (χ1n) is 3.82. The molecule has 2 aromatic heterocycles. The largest absolute Gasteiger partial charge is 0.368 e. The first kappa shape index (κ1) is 8.42. The van der Waals surface area contributed by atoms with Gasteiger partial charge in [-0.2, -0.15) is 9.97 Å². The van der Waals surface area contributed by atoms with Gasteiger partial charge >= 0.3 is 5.69 Å². The number of hydrogen-bond donors (Lipinski definition) is 2. The minimum Gasteiger partial charge on any atom is -0.368 e. The molecule has 0 atom stereocenters. The van der Waals surface area contributed by atoms with Gasteiger partial charge in [-0.3, -0.25) is 4.98 Å².